The van der Waals surface area contributed by atoms with E-state index in [4.69, 9.17) is 0 Å². The Kier molecular flexibility index (Phi) is 3.58. The molecular formula is C18H22N2O. The molecule has 0 fully saturated rings. The van der Waals surface area contributed by atoms with Gasteiger partial charge in [-0.25, -0.2) is 0 Å². The molecule has 1 atom stereocenters. The van der Waals surface area contributed by atoms with E-state index >= 15 is 0 Å². The fourth-order valence-corrected chi connectivity index (χ4v) is 3.01. The van der Waals surface area contributed by atoms with E-state index < -0.39 is 0 Å². The molecule has 21 heavy (non-hydrogen) atoms. The summed E-state index contributed by atoms with van der Waals surface area (Å²) in [4.78, 5) is 17.7. The minimum absolute atomic E-state index is 0.190. The summed E-state index contributed by atoms with van der Waals surface area (Å²) in [7, 11) is 0. The van der Waals surface area contributed by atoms with Crippen molar-refractivity contribution in [1.29, 1.82) is 0 Å². The normalized spacial score (nSPS) is 17.1. The summed E-state index contributed by atoms with van der Waals surface area (Å²) in [6, 6.07) is 8.26. The number of aromatic nitrogens is 1. The van der Waals surface area contributed by atoms with Crippen molar-refractivity contribution in [2.75, 3.05) is 13.1 Å². The average molecular weight is 282 g/mol. The highest BCUT2D eigenvalue weighted by Crippen LogP contribution is 2.32. The van der Waals surface area contributed by atoms with Crippen LogP contribution in [0.5, 0.6) is 0 Å². The first-order valence-corrected chi connectivity index (χ1v) is 7.67. The topological polar surface area (TPSA) is 36.1 Å². The van der Waals surface area contributed by atoms with Crippen molar-refractivity contribution in [3.8, 4) is 0 Å². The lowest BCUT2D eigenvalue weighted by atomic mass is 10.0. The van der Waals surface area contributed by atoms with Crippen molar-refractivity contribution in [2.24, 2.45) is 5.92 Å². The van der Waals surface area contributed by atoms with Crippen molar-refractivity contribution in [2.45, 2.75) is 27.2 Å². The Morgan fingerprint density at radius 2 is 2.10 bits per heavy atom. The first-order valence-electron chi connectivity index (χ1n) is 7.67. The van der Waals surface area contributed by atoms with Crippen LogP contribution in [0.3, 0.4) is 0 Å². The number of carbonyl (C=O) groups excluding carboxylic acids is 1. The summed E-state index contributed by atoms with van der Waals surface area (Å²) in [5.74, 6) is 0.736. The van der Waals surface area contributed by atoms with E-state index in [-0.39, 0.29) is 5.91 Å². The maximum atomic E-state index is 12.5. The van der Waals surface area contributed by atoms with E-state index in [0.717, 1.165) is 30.6 Å². The van der Waals surface area contributed by atoms with Crippen LogP contribution in [0.1, 0.15) is 32.8 Å². The fraction of sp³-hybridized carbons (Fsp3) is 0.389. The Labute approximate surface area is 125 Å². The molecule has 0 aliphatic carbocycles. The average Bonchev–Trinajstić information content (AvgIpc) is 3.03. The molecule has 1 amide bonds. The molecule has 0 saturated heterocycles. The van der Waals surface area contributed by atoms with Gasteiger partial charge in [0, 0.05) is 41.3 Å². The van der Waals surface area contributed by atoms with E-state index in [1.807, 2.05) is 30.2 Å². The van der Waals surface area contributed by atoms with Gasteiger partial charge in [-0.2, -0.15) is 0 Å². The lowest BCUT2D eigenvalue weighted by Crippen LogP contribution is -2.31. The number of H-pyrrole nitrogens is 1. The Bertz CT molecular complexity index is 711. The number of amides is 1. The number of nitrogens with zero attached hydrogens (tertiary/aromatic N) is 1. The van der Waals surface area contributed by atoms with Gasteiger partial charge in [0.05, 0.1) is 0 Å². The van der Waals surface area contributed by atoms with Crippen LogP contribution in [0.4, 0.5) is 0 Å². The fourth-order valence-electron chi connectivity index (χ4n) is 3.01. The summed E-state index contributed by atoms with van der Waals surface area (Å²) >= 11 is 0. The van der Waals surface area contributed by atoms with Crippen LogP contribution >= 0.6 is 0 Å². The molecule has 1 aliphatic rings. The molecule has 1 aromatic heterocycles. The summed E-state index contributed by atoms with van der Waals surface area (Å²) in [5, 5.41) is 1.20. The number of nitrogens with one attached hydrogen (secondary N) is 1. The molecule has 0 spiro atoms. The number of para-hydroxylation sites is 1. The van der Waals surface area contributed by atoms with Gasteiger partial charge in [0.1, 0.15) is 0 Å². The molecule has 0 radical (unpaired) electrons. The van der Waals surface area contributed by atoms with E-state index in [1.54, 1.807) is 0 Å². The number of hydrogen-bond donors (Lipinski definition) is 1. The monoisotopic (exact) mass is 282 g/mol. The van der Waals surface area contributed by atoms with Gasteiger partial charge in [0.15, 0.2) is 0 Å². The molecular weight excluding hydrogens is 260 g/mol. The lowest BCUT2D eigenvalue weighted by Gasteiger charge is -2.20. The molecule has 110 valence electrons. The van der Waals surface area contributed by atoms with Crippen molar-refractivity contribution < 1.29 is 4.79 Å². The van der Waals surface area contributed by atoms with Crippen molar-refractivity contribution >= 4 is 22.4 Å². The summed E-state index contributed by atoms with van der Waals surface area (Å²) in [5.41, 5.74) is 4.35. The molecule has 2 aromatic rings. The smallest absolute Gasteiger partial charge is 0.250 e. The van der Waals surface area contributed by atoms with Gasteiger partial charge < -0.3 is 9.88 Å². The van der Waals surface area contributed by atoms with Crippen molar-refractivity contribution in [1.82, 2.24) is 9.88 Å². The quantitative estimate of drug-likeness (QED) is 0.909. The summed E-state index contributed by atoms with van der Waals surface area (Å²) in [6.45, 7) is 7.91. The second-order valence-corrected chi connectivity index (χ2v) is 6.05. The second kappa shape index (κ2) is 5.40. The third-order valence-electron chi connectivity index (χ3n) is 4.55. The minimum atomic E-state index is 0.190. The number of aromatic amines is 1. The molecule has 0 unspecified atom stereocenters. The zero-order valence-corrected chi connectivity index (χ0v) is 12.9. The van der Waals surface area contributed by atoms with Crippen LogP contribution < -0.4 is 0 Å². The highest BCUT2D eigenvalue weighted by Gasteiger charge is 2.29. The predicted molar refractivity (Wildman–Crippen MR) is 86.9 cm³/mol. The van der Waals surface area contributed by atoms with Gasteiger partial charge in [-0.05, 0) is 24.5 Å². The van der Waals surface area contributed by atoms with Crippen LogP contribution in [-0.4, -0.2) is 28.9 Å². The first-order chi connectivity index (χ1) is 10.1. The Morgan fingerprint density at radius 3 is 2.86 bits per heavy atom. The number of fused-ring (bicyclic) bond motifs is 1. The number of hydrogen-bond acceptors (Lipinski definition) is 1. The number of rotatable bonds is 4. The van der Waals surface area contributed by atoms with Crippen molar-refractivity contribution in [3.63, 3.8) is 0 Å². The van der Waals surface area contributed by atoms with E-state index in [0.29, 0.717) is 5.92 Å². The van der Waals surface area contributed by atoms with Crippen LogP contribution in [0.15, 0.2) is 36.0 Å². The summed E-state index contributed by atoms with van der Waals surface area (Å²) in [6.07, 6.45) is 3.13. The Morgan fingerprint density at radius 1 is 1.33 bits per heavy atom. The SMILES string of the molecule is CC[C@H](C)CN1CC(c2c[nH]c3ccccc23)=C(C)C1=O. The maximum Gasteiger partial charge on any atom is 0.250 e. The van der Waals surface area contributed by atoms with Gasteiger partial charge in [0.2, 0.25) is 5.91 Å². The molecule has 3 heteroatoms. The van der Waals surface area contributed by atoms with Gasteiger partial charge in [-0.15, -0.1) is 0 Å². The third-order valence-corrected chi connectivity index (χ3v) is 4.55. The molecule has 3 rings (SSSR count). The van der Waals surface area contributed by atoms with Crippen LogP contribution in [0.2, 0.25) is 0 Å². The highest BCUT2D eigenvalue weighted by molar-refractivity contribution is 6.08. The van der Waals surface area contributed by atoms with Gasteiger partial charge >= 0.3 is 0 Å². The molecule has 3 nitrogen and oxygen atoms in total. The third kappa shape index (κ3) is 2.37. The van der Waals surface area contributed by atoms with Gasteiger partial charge in [0.25, 0.3) is 0 Å². The molecule has 1 aromatic carbocycles. The van der Waals surface area contributed by atoms with Crippen LogP contribution in [0, 0.1) is 5.92 Å². The zero-order chi connectivity index (χ0) is 15.0. The van der Waals surface area contributed by atoms with E-state index in [1.165, 1.54) is 16.5 Å². The second-order valence-electron chi connectivity index (χ2n) is 6.05. The molecule has 1 aliphatic heterocycles. The van der Waals surface area contributed by atoms with Gasteiger partial charge in [-0.3, -0.25) is 4.79 Å². The Hall–Kier alpha value is -2.03. The highest BCUT2D eigenvalue weighted by atomic mass is 16.2. The molecule has 2 heterocycles. The van der Waals surface area contributed by atoms with Crippen LogP contribution in [-0.2, 0) is 4.79 Å². The van der Waals surface area contributed by atoms with E-state index in [2.05, 4.69) is 31.0 Å². The first kappa shape index (κ1) is 13.9. The van der Waals surface area contributed by atoms with E-state index in [9.17, 15) is 4.79 Å². The van der Waals surface area contributed by atoms with Crippen molar-refractivity contribution in [3.05, 3.63) is 41.6 Å². The summed E-state index contributed by atoms with van der Waals surface area (Å²) < 4.78 is 0. The molecule has 0 bridgehead atoms. The largest absolute Gasteiger partial charge is 0.361 e. The Balaban J connectivity index is 1.94. The lowest BCUT2D eigenvalue weighted by molar-refractivity contribution is -0.125. The number of carbonyl (C=O) groups is 1. The standard InChI is InChI=1S/C18H22N2O/c1-4-12(2)10-20-11-16(13(3)18(20)21)15-9-19-17-8-6-5-7-14(15)17/h5-9,12,19H,4,10-11H2,1-3H3/t12-/m0/s1. The predicted octanol–water partition coefficient (Wildman–Crippen LogP) is 3.83. The van der Waals surface area contributed by atoms with Gasteiger partial charge in [-0.1, -0.05) is 38.5 Å². The molecule has 0 saturated carbocycles. The maximum absolute atomic E-state index is 12.5. The van der Waals surface area contributed by atoms with Crippen LogP contribution in [0.25, 0.3) is 16.5 Å². The zero-order valence-electron chi connectivity index (χ0n) is 12.9. The minimum Gasteiger partial charge on any atom is -0.361 e. The molecule has 1 N–H and O–H groups in total. The number of benzene rings is 1.